The maximum Gasteiger partial charge on any atom is 0.223 e. The number of hydrogen-bond acceptors (Lipinski definition) is 5. The molecule has 22 heavy (non-hydrogen) atoms. The number of furan rings is 1. The molecule has 0 aromatic carbocycles. The lowest BCUT2D eigenvalue weighted by Gasteiger charge is -2.25. The van der Waals surface area contributed by atoms with Crippen LogP contribution < -0.4 is 0 Å². The summed E-state index contributed by atoms with van der Waals surface area (Å²) in [5.41, 5.74) is 2.25. The SMILES string of the molecule is CCC(C)(CC#N)n1cc(-c2nc(Cl)nc3ccoc23)cn1. The summed E-state index contributed by atoms with van der Waals surface area (Å²) in [6, 6.07) is 3.95. The molecule has 0 bridgehead atoms. The lowest BCUT2D eigenvalue weighted by Crippen LogP contribution is -2.29. The third-order valence-corrected chi connectivity index (χ3v) is 4.08. The number of hydrogen-bond donors (Lipinski definition) is 0. The Bertz CT molecular complexity index is 862. The van der Waals surface area contributed by atoms with Crippen LogP contribution in [0.4, 0.5) is 0 Å². The standard InChI is InChI=1S/C15H14ClN5O/c1-3-15(2,5-6-17)21-9-10(8-18-21)12-13-11(4-7-22-13)19-14(16)20-12/h4,7-9H,3,5H2,1-2H3. The van der Waals surface area contributed by atoms with Gasteiger partial charge in [0.1, 0.15) is 11.2 Å². The van der Waals surface area contributed by atoms with E-state index in [0.717, 1.165) is 12.0 Å². The normalized spacial score (nSPS) is 13.9. The van der Waals surface area contributed by atoms with E-state index < -0.39 is 0 Å². The van der Waals surface area contributed by atoms with Crippen LogP contribution in [0.25, 0.3) is 22.4 Å². The van der Waals surface area contributed by atoms with E-state index in [0.29, 0.717) is 23.2 Å². The summed E-state index contributed by atoms with van der Waals surface area (Å²) < 4.78 is 7.26. The lowest BCUT2D eigenvalue weighted by molar-refractivity contribution is 0.281. The molecule has 3 rings (SSSR count). The van der Waals surface area contributed by atoms with Crippen LogP contribution in [0, 0.1) is 11.3 Å². The first-order valence-corrected chi connectivity index (χ1v) is 7.28. The van der Waals surface area contributed by atoms with Crippen molar-refractivity contribution in [3.05, 3.63) is 30.0 Å². The maximum absolute atomic E-state index is 9.02. The van der Waals surface area contributed by atoms with Crippen LogP contribution in [0.2, 0.25) is 5.28 Å². The molecule has 6 nitrogen and oxygen atoms in total. The Morgan fingerprint density at radius 3 is 3.00 bits per heavy atom. The number of rotatable bonds is 4. The zero-order valence-corrected chi connectivity index (χ0v) is 13.0. The molecule has 0 amide bonds. The summed E-state index contributed by atoms with van der Waals surface area (Å²) in [4.78, 5) is 8.37. The van der Waals surface area contributed by atoms with Gasteiger partial charge in [-0.1, -0.05) is 6.92 Å². The zero-order valence-electron chi connectivity index (χ0n) is 12.2. The van der Waals surface area contributed by atoms with Gasteiger partial charge in [-0.15, -0.1) is 0 Å². The third kappa shape index (κ3) is 2.34. The fourth-order valence-corrected chi connectivity index (χ4v) is 2.49. The van der Waals surface area contributed by atoms with Crippen molar-refractivity contribution < 1.29 is 4.42 Å². The molecule has 112 valence electrons. The van der Waals surface area contributed by atoms with Gasteiger partial charge in [0.25, 0.3) is 0 Å². The van der Waals surface area contributed by atoms with Crippen molar-refractivity contribution in [2.75, 3.05) is 0 Å². The molecule has 3 aromatic heterocycles. The second-order valence-electron chi connectivity index (χ2n) is 5.34. The minimum Gasteiger partial charge on any atom is -0.460 e. The lowest BCUT2D eigenvalue weighted by atomic mass is 9.96. The van der Waals surface area contributed by atoms with Crippen LogP contribution in [0.15, 0.2) is 29.1 Å². The minimum atomic E-state index is -0.355. The van der Waals surface area contributed by atoms with E-state index >= 15 is 0 Å². The molecule has 7 heteroatoms. The predicted octanol–water partition coefficient (Wildman–Crippen LogP) is 3.78. The number of halogens is 1. The predicted molar refractivity (Wildman–Crippen MR) is 82.2 cm³/mol. The third-order valence-electron chi connectivity index (χ3n) is 3.91. The Morgan fingerprint density at radius 2 is 2.27 bits per heavy atom. The molecule has 0 aliphatic heterocycles. The van der Waals surface area contributed by atoms with Crippen molar-refractivity contribution >= 4 is 22.7 Å². The van der Waals surface area contributed by atoms with Gasteiger partial charge in [0, 0.05) is 17.8 Å². The molecule has 0 fully saturated rings. The quantitative estimate of drug-likeness (QED) is 0.684. The highest BCUT2D eigenvalue weighted by molar-refractivity contribution is 6.28. The molecule has 3 heterocycles. The second-order valence-corrected chi connectivity index (χ2v) is 5.67. The molecule has 0 spiro atoms. The molecule has 0 saturated carbocycles. The van der Waals surface area contributed by atoms with Gasteiger partial charge in [0.15, 0.2) is 5.58 Å². The Kier molecular flexibility index (Phi) is 3.59. The summed E-state index contributed by atoms with van der Waals surface area (Å²) in [7, 11) is 0. The van der Waals surface area contributed by atoms with Crippen LogP contribution in [0.1, 0.15) is 26.7 Å². The minimum absolute atomic E-state index is 0.159. The number of nitrogens with zero attached hydrogens (tertiary/aromatic N) is 5. The Morgan fingerprint density at radius 1 is 1.45 bits per heavy atom. The van der Waals surface area contributed by atoms with Gasteiger partial charge in [0.2, 0.25) is 5.28 Å². The average molecular weight is 316 g/mol. The summed E-state index contributed by atoms with van der Waals surface area (Å²) >= 11 is 5.97. The van der Waals surface area contributed by atoms with E-state index in [1.165, 1.54) is 0 Å². The molecule has 0 N–H and O–H groups in total. The first kappa shape index (κ1) is 14.5. The van der Waals surface area contributed by atoms with Crippen LogP contribution >= 0.6 is 11.6 Å². The molecule has 0 aliphatic carbocycles. The maximum atomic E-state index is 9.02. The highest BCUT2D eigenvalue weighted by Gasteiger charge is 2.26. The van der Waals surface area contributed by atoms with E-state index in [9.17, 15) is 0 Å². The summed E-state index contributed by atoms with van der Waals surface area (Å²) in [5.74, 6) is 0. The van der Waals surface area contributed by atoms with Crippen molar-refractivity contribution in [1.82, 2.24) is 19.7 Å². The molecular formula is C15H14ClN5O. The van der Waals surface area contributed by atoms with E-state index in [-0.39, 0.29) is 10.8 Å². The van der Waals surface area contributed by atoms with E-state index in [2.05, 4.69) is 21.1 Å². The van der Waals surface area contributed by atoms with Gasteiger partial charge in [-0.2, -0.15) is 10.4 Å². The zero-order chi connectivity index (χ0) is 15.7. The molecule has 1 atom stereocenters. The van der Waals surface area contributed by atoms with Crippen molar-refractivity contribution in [1.29, 1.82) is 5.26 Å². The molecular weight excluding hydrogens is 302 g/mol. The largest absolute Gasteiger partial charge is 0.460 e. The van der Waals surface area contributed by atoms with Gasteiger partial charge in [-0.25, -0.2) is 9.97 Å². The van der Waals surface area contributed by atoms with Gasteiger partial charge < -0.3 is 4.42 Å². The van der Waals surface area contributed by atoms with Crippen molar-refractivity contribution in [2.24, 2.45) is 0 Å². The summed E-state index contributed by atoms with van der Waals surface area (Å²) in [6.07, 6.45) is 6.29. The molecule has 0 saturated heterocycles. The van der Waals surface area contributed by atoms with Gasteiger partial charge in [-0.05, 0) is 24.9 Å². The Hall–Kier alpha value is -2.39. The van der Waals surface area contributed by atoms with Gasteiger partial charge in [0.05, 0.1) is 30.5 Å². The Balaban J connectivity index is 2.10. The van der Waals surface area contributed by atoms with E-state index in [1.54, 1.807) is 23.2 Å². The van der Waals surface area contributed by atoms with E-state index in [4.69, 9.17) is 21.3 Å². The molecule has 0 aliphatic rings. The van der Waals surface area contributed by atoms with Gasteiger partial charge in [-0.3, -0.25) is 4.68 Å². The van der Waals surface area contributed by atoms with Crippen molar-refractivity contribution in [3.8, 4) is 17.3 Å². The number of nitriles is 1. The van der Waals surface area contributed by atoms with Gasteiger partial charge >= 0.3 is 0 Å². The smallest absolute Gasteiger partial charge is 0.223 e. The molecule has 3 aromatic rings. The van der Waals surface area contributed by atoms with Crippen molar-refractivity contribution in [3.63, 3.8) is 0 Å². The molecule has 1 unspecified atom stereocenters. The van der Waals surface area contributed by atoms with Crippen LogP contribution in [0.5, 0.6) is 0 Å². The topological polar surface area (TPSA) is 80.5 Å². The van der Waals surface area contributed by atoms with Crippen molar-refractivity contribution in [2.45, 2.75) is 32.2 Å². The van der Waals surface area contributed by atoms with Crippen LogP contribution in [-0.2, 0) is 5.54 Å². The summed E-state index contributed by atoms with van der Waals surface area (Å²) in [6.45, 7) is 4.04. The highest BCUT2D eigenvalue weighted by Crippen LogP contribution is 2.30. The van der Waals surface area contributed by atoms with Crippen LogP contribution in [0.3, 0.4) is 0 Å². The molecule has 0 radical (unpaired) electrons. The van der Waals surface area contributed by atoms with Crippen LogP contribution in [-0.4, -0.2) is 19.7 Å². The summed E-state index contributed by atoms with van der Waals surface area (Å²) in [5, 5.41) is 13.6. The first-order valence-electron chi connectivity index (χ1n) is 6.90. The number of aromatic nitrogens is 4. The average Bonchev–Trinajstić information content (AvgIpc) is 3.15. The van der Waals surface area contributed by atoms with E-state index in [1.807, 2.05) is 20.0 Å². The monoisotopic (exact) mass is 315 g/mol. The first-order chi connectivity index (χ1) is 10.6. The Labute approximate surface area is 132 Å². The fourth-order valence-electron chi connectivity index (χ4n) is 2.31. The second kappa shape index (κ2) is 5.43. The fraction of sp³-hybridized carbons (Fsp3) is 0.333. The highest BCUT2D eigenvalue weighted by atomic mass is 35.5. The number of fused-ring (bicyclic) bond motifs is 1.